The highest BCUT2D eigenvalue weighted by Gasteiger charge is 2.41. The van der Waals surface area contributed by atoms with Crippen molar-refractivity contribution < 1.29 is 19.4 Å². The molecule has 21 heavy (non-hydrogen) atoms. The van der Waals surface area contributed by atoms with Gasteiger partial charge in [0.05, 0.1) is 36.8 Å². The van der Waals surface area contributed by atoms with Crippen molar-refractivity contribution in [2.45, 2.75) is 32.4 Å². The largest absolute Gasteiger partial charge is 0.481 e. The highest BCUT2D eigenvalue weighted by atomic mass is 16.5. The molecule has 0 bridgehead atoms. The van der Waals surface area contributed by atoms with Gasteiger partial charge in [0, 0.05) is 26.6 Å². The van der Waals surface area contributed by atoms with Gasteiger partial charge >= 0.3 is 5.97 Å². The summed E-state index contributed by atoms with van der Waals surface area (Å²) in [5, 5.41) is 9.50. The Balaban J connectivity index is 2.38. The van der Waals surface area contributed by atoms with Gasteiger partial charge in [-0.25, -0.2) is 4.98 Å². The predicted molar refractivity (Wildman–Crippen MR) is 74.6 cm³/mol. The molecule has 2 heterocycles. The molecule has 0 aliphatic carbocycles. The topological polar surface area (TPSA) is 84.7 Å². The molecule has 1 aromatic heterocycles. The molecule has 0 saturated carbocycles. The first-order chi connectivity index (χ1) is 10.1. The van der Waals surface area contributed by atoms with E-state index in [9.17, 15) is 14.7 Å². The number of ether oxygens (including phenoxy) is 1. The first-order valence-corrected chi connectivity index (χ1v) is 7.11. The maximum absolute atomic E-state index is 12.2. The minimum atomic E-state index is -0.876. The number of carbonyl (C=O) groups is 2. The van der Waals surface area contributed by atoms with Crippen molar-refractivity contribution >= 4 is 11.9 Å². The molecular weight excluding hydrogens is 274 g/mol. The quantitative estimate of drug-likeness (QED) is 0.843. The molecule has 1 saturated heterocycles. The number of carboxylic acids is 1. The second-order valence-electron chi connectivity index (χ2n) is 5.11. The second kappa shape index (κ2) is 6.71. The minimum Gasteiger partial charge on any atom is -0.481 e. The number of hydrogen-bond acceptors (Lipinski definition) is 4. The monoisotopic (exact) mass is 295 g/mol. The van der Waals surface area contributed by atoms with Crippen molar-refractivity contribution in [3.63, 3.8) is 0 Å². The number of likely N-dealkylation sites (tertiary alicyclic amines) is 1. The molecule has 7 nitrogen and oxygen atoms in total. The zero-order valence-electron chi connectivity index (χ0n) is 12.4. The number of aliphatic carboxylic acids is 1. The van der Waals surface area contributed by atoms with Gasteiger partial charge in [0.1, 0.15) is 0 Å². The van der Waals surface area contributed by atoms with Gasteiger partial charge in [-0.1, -0.05) is 0 Å². The number of imidazole rings is 1. The van der Waals surface area contributed by atoms with E-state index in [1.807, 2.05) is 11.5 Å². The van der Waals surface area contributed by atoms with Crippen LogP contribution in [-0.4, -0.2) is 51.7 Å². The first-order valence-electron chi connectivity index (χ1n) is 7.11. The predicted octanol–water partition coefficient (Wildman–Crippen LogP) is 0.914. The number of aromatic nitrogens is 2. The average molecular weight is 295 g/mol. The summed E-state index contributed by atoms with van der Waals surface area (Å²) in [5.41, 5.74) is 0.772. The third-order valence-electron chi connectivity index (χ3n) is 3.95. The van der Waals surface area contributed by atoms with E-state index in [2.05, 4.69) is 4.98 Å². The summed E-state index contributed by atoms with van der Waals surface area (Å²) in [7, 11) is 1.56. The second-order valence-corrected chi connectivity index (χ2v) is 5.11. The van der Waals surface area contributed by atoms with Gasteiger partial charge in [0.2, 0.25) is 5.91 Å². The van der Waals surface area contributed by atoms with Gasteiger partial charge in [-0.15, -0.1) is 0 Å². The number of rotatable bonds is 6. The molecule has 1 aliphatic rings. The molecule has 0 radical (unpaired) electrons. The molecule has 0 aromatic carbocycles. The number of methoxy groups -OCH3 is 1. The van der Waals surface area contributed by atoms with Gasteiger partial charge in [-0.05, 0) is 13.3 Å². The van der Waals surface area contributed by atoms with Crippen molar-refractivity contribution in [3.05, 3.63) is 18.2 Å². The van der Waals surface area contributed by atoms with E-state index in [0.29, 0.717) is 26.1 Å². The molecule has 0 spiro atoms. The average Bonchev–Trinajstić information content (AvgIpc) is 2.93. The van der Waals surface area contributed by atoms with Crippen LogP contribution >= 0.6 is 0 Å². The van der Waals surface area contributed by atoms with Crippen LogP contribution in [0.3, 0.4) is 0 Å². The summed E-state index contributed by atoms with van der Waals surface area (Å²) in [6.45, 7) is 3.42. The fourth-order valence-electron chi connectivity index (χ4n) is 2.87. The smallest absolute Gasteiger partial charge is 0.309 e. The Kier molecular flexibility index (Phi) is 4.95. The van der Waals surface area contributed by atoms with E-state index >= 15 is 0 Å². The maximum atomic E-state index is 12.2. The Morgan fingerprint density at radius 1 is 1.57 bits per heavy atom. The summed E-state index contributed by atoms with van der Waals surface area (Å²) in [4.78, 5) is 29.5. The van der Waals surface area contributed by atoms with Crippen LogP contribution in [0.1, 0.15) is 31.5 Å². The normalized spacial score (nSPS) is 22.6. The van der Waals surface area contributed by atoms with Crippen molar-refractivity contribution in [1.29, 1.82) is 0 Å². The van der Waals surface area contributed by atoms with Crippen LogP contribution in [-0.2, 0) is 20.9 Å². The lowest BCUT2D eigenvalue weighted by molar-refractivity contribution is -0.152. The van der Waals surface area contributed by atoms with Crippen molar-refractivity contribution in [1.82, 2.24) is 14.5 Å². The molecule has 116 valence electrons. The van der Waals surface area contributed by atoms with E-state index in [4.69, 9.17) is 4.74 Å². The number of hydrogen-bond donors (Lipinski definition) is 1. The third kappa shape index (κ3) is 3.07. The summed E-state index contributed by atoms with van der Waals surface area (Å²) < 4.78 is 6.94. The Hall–Kier alpha value is -1.89. The fraction of sp³-hybridized carbons (Fsp3) is 0.643. The fourth-order valence-corrected chi connectivity index (χ4v) is 2.87. The van der Waals surface area contributed by atoms with Crippen LogP contribution < -0.4 is 0 Å². The zero-order chi connectivity index (χ0) is 15.4. The molecule has 1 fully saturated rings. The van der Waals surface area contributed by atoms with Crippen LogP contribution in [0.5, 0.6) is 0 Å². The highest BCUT2D eigenvalue weighted by Crippen LogP contribution is 2.36. The Labute approximate surface area is 123 Å². The molecular formula is C14H21N3O4. The van der Waals surface area contributed by atoms with E-state index in [1.54, 1.807) is 24.5 Å². The number of nitrogens with zero attached hydrogens (tertiary/aromatic N) is 3. The lowest BCUT2D eigenvalue weighted by Gasteiger charge is -2.39. The summed E-state index contributed by atoms with van der Waals surface area (Å²) in [5.74, 6) is -1.52. The Morgan fingerprint density at radius 2 is 2.33 bits per heavy atom. The number of aryl methyl sites for hydroxylation is 1. The van der Waals surface area contributed by atoms with E-state index in [1.165, 1.54) is 0 Å². The molecule has 1 aliphatic heterocycles. The van der Waals surface area contributed by atoms with Crippen molar-refractivity contribution in [2.75, 3.05) is 20.3 Å². The van der Waals surface area contributed by atoms with Crippen molar-refractivity contribution in [2.24, 2.45) is 5.92 Å². The molecule has 7 heteroatoms. The minimum absolute atomic E-state index is 0.0293. The summed E-state index contributed by atoms with van der Waals surface area (Å²) >= 11 is 0. The van der Waals surface area contributed by atoms with Crippen molar-refractivity contribution in [3.8, 4) is 0 Å². The lowest BCUT2D eigenvalue weighted by Crippen LogP contribution is -2.47. The zero-order valence-corrected chi connectivity index (χ0v) is 12.4. The van der Waals surface area contributed by atoms with Crippen LogP contribution in [0, 0.1) is 5.92 Å². The van der Waals surface area contributed by atoms with Gasteiger partial charge in [0.25, 0.3) is 0 Å². The van der Waals surface area contributed by atoms with Gasteiger partial charge in [-0.2, -0.15) is 0 Å². The van der Waals surface area contributed by atoms with Crippen LogP contribution in [0.2, 0.25) is 0 Å². The first kappa shape index (κ1) is 15.5. The molecule has 2 atom stereocenters. The van der Waals surface area contributed by atoms with E-state index in [0.717, 1.165) is 5.69 Å². The summed E-state index contributed by atoms with van der Waals surface area (Å²) in [6, 6.07) is -0.485. The molecule has 2 unspecified atom stereocenters. The SMILES string of the molecule is CCn1cncc1C1C(C(=O)O)CCC(=O)N1CCOC. The molecule has 2 rings (SSSR count). The lowest BCUT2D eigenvalue weighted by atomic mass is 9.86. The maximum Gasteiger partial charge on any atom is 0.309 e. The molecule has 1 aromatic rings. The van der Waals surface area contributed by atoms with Gasteiger partial charge in [0.15, 0.2) is 0 Å². The van der Waals surface area contributed by atoms with Crippen LogP contribution in [0.4, 0.5) is 0 Å². The van der Waals surface area contributed by atoms with E-state index in [-0.39, 0.29) is 12.3 Å². The van der Waals surface area contributed by atoms with Crippen LogP contribution in [0.25, 0.3) is 0 Å². The Morgan fingerprint density at radius 3 is 2.95 bits per heavy atom. The van der Waals surface area contributed by atoms with Crippen LogP contribution in [0.15, 0.2) is 12.5 Å². The molecule has 1 amide bonds. The standard InChI is InChI=1S/C14H21N3O4/c1-3-16-9-15-8-11(16)13-10(14(19)20)4-5-12(18)17(13)6-7-21-2/h8-10,13H,3-7H2,1-2H3,(H,19,20). The number of carboxylic acid groups (broad SMARTS) is 1. The third-order valence-corrected chi connectivity index (χ3v) is 3.95. The van der Waals surface area contributed by atoms with E-state index < -0.39 is 17.9 Å². The number of piperidine rings is 1. The number of carbonyl (C=O) groups excluding carboxylic acids is 1. The summed E-state index contributed by atoms with van der Waals surface area (Å²) in [6.07, 6.45) is 3.94. The molecule has 1 N–H and O–H groups in total. The Bertz CT molecular complexity index is 514. The highest BCUT2D eigenvalue weighted by molar-refractivity contribution is 5.81. The van der Waals surface area contributed by atoms with Gasteiger partial charge in [-0.3, -0.25) is 9.59 Å². The number of amides is 1. The van der Waals surface area contributed by atoms with Gasteiger partial charge < -0.3 is 19.3 Å².